The Morgan fingerprint density at radius 2 is 1.96 bits per heavy atom. The SMILES string of the molecule is CCc1n[nH]c(=O)c(C(=O)N2CCC3(CCNC3)CC2)c1CC. The molecule has 0 radical (unpaired) electrons. The van der Waals surface area contributed by atoms with Gasteiger partial charge in [-0.3, -0.25) is 9.59 Å². The minimum absolute atomic E-state index is 0.124. The summed E-state index contributed by atoms with van der Waals surface area (Å²) in [5.74, 6) is -0.124. The summed E-state index contributed by atoms with van der Waals surface area (Å²) < 4.78 is 0. The van der Waals surface area contributed by atoms with Gasteiger partial charge in [0.25, 0.3) is 11.5 Å². The molecule has 1 aromatic heterocycles. The number of amides is 1. The number of aromatic amines is 1. The van der Waals surface area contributed by atoms with Gasteiger partial charge < -0.3 is 10.2 Å². The van der Waals surface area contributed by atoms with Gasteiger partial charge in [0.2, 0.25) is 0 Å². The molecule has 3 rings (SSSR count). The van der Waals surface area contributed by atoms with Crippen LogP contribution < -0.4 is 10.9 Å². The maximum absolute atomic E-state index is 12.9. The van der Waals surface area contributed by atoms with Crippen molar-refractivity contribution in [2.45, 2.75) is 46.0 Å². The van der Waals surface area contributed by atoms with Crippen LogP contribution in [-0.2, 0) is 12.8 Å². The van der Waals surface area contributed by atoms with Gasteiger partial charge in [-0.2, -0.15) is 5.10 Å². The zero-order valence-corrected chi connectivity index (χ0v) is 14.1. The summed E-state index contributed by atoms with van der Waals surface area (Å²) in [5.41, 5.74) is 1.95. The van der Waals surface area contributed by atoms with Crippen molar-refractivity contribution in [1.82, 2.24) is 20.4 Å². The van der Waals surface area contributed by atoms with Gasteiger partial charge in [-0.1, -0.05) is 13.8 Å². The summed E-state index contributed by atoms with van der Waals surface area (Å²) in [6.07, 6.45) is 4.62. The molecule has 2 aliphatic heterocycles. The standard InChI is InChI=1S/C17H26N4O2/c1-3-12-13(4-2)19-20-15(22)14(12)16(23)21-9-6-17(7-10-21)5-8-18-11-17/h18H,3-11H2,1-2H3,(H,20,22). The Balaban J connectivity index is 1.83. The second kappa shape index (κ2) is 6.43. The second-order valence-corrected chi connectivity index (χ2v) is 6.78. The van der Waals surface area contributed by atoms with E-state index in [1.165, 1.54) is 6.42 Å². The number of nitrogens with one attached hydrogen (secondary N) is 2. The normalized spacial score (nSPS) is 20.2. The van der Waals surface area contributed by atoms with Crippen LogP contribution in [0.4, 0.5) is 0 Å². The van der Waals surface area contributed by atoms with Crippen molar-refractivity contribution in [3.05, 3.63) is 27.2 Å². The summed E-state index contributed by atoms with van der Waals surface area (Å²) in [4.78, 5) is 27.0. The number of nitrogens with zero attached hydrogens (tertiary/aromatic N) is 2. The Bertz CT molecular complexity index is 636. The molecule has 0 bridgehead atoms. The van der Waals surface area contributed by atoms with Crippen molar-refractivity contribution in [3.63, 3.8) is 0 Å². The van der Waals surface area contributed by atoms with Crippen LogP contribution in [0.3, 0.4) is 0 Å². The van der Waals surface area contributed by atoms with E-state index in [4.69, 9.17) is 0 Å². The highest BCUT2D eigenvalue weighted by Gasteiger charge is 2.38. The lowest BCUT2D eigenvalue weighted by Crippen LogP contribution is -2.45. The third-order valence-corrected chi connectivity index (χ3v) is 5.52. The van der Waals surface area contributed by atoms with E-state index in [0.29, 0.717) is 17.4 Å². The summed E-state index contributed by atoms with van der Waals surface area (Å²) in [5, 5.41) is 10.0. The molecule has 0 unspecified atom stereocenters. The number of hydrogen-bond acceptors (Lipinski definition) is 4. The van der Waals surface area contributed by atoms with E-state index in [0.717, 1.165) is 56.7 Å². The van der Waals surface area contributed by atoms with Crippen molar-refractivity contribution in [2.75, 3.05) is 26.2 Å². The average Bonchev–Trinajstić information content (AvgIpc) is 3.02. The third kappa shape index (κ3) is 2.92. The zero-order valence-electron chi connectivity index (χ0n) is 14.1. The van der Waals surface area contributed by atoms with Gasteiger partial charge in [0.05, 0.1) is 5.69 Å². The fourth-order valence-electron chi connectivity index (χ4n) is 3.99. The van der Waals surface area contributed by atoms with Crippen LogP contribution in [0.2, 0.25) is 0 Å². The van der Waals surface area contributed by atoms with E-state index in [2.05, 4.69) is 15.5 Å². The minimum Gasteiger partial charge on any atom is -0.338 e. The predicted octanol–water partition coefficient (Wildman–Crippen LogP) is 1.11. The molecule has 1 aromatic rings. The Morgan fingerprint density at radius 1 is 1.22 bits per heavy atom. The lowest BCUT2D eigenvalue weighted by atomic mass is 9.77. The highest BCUT2D eigenvalue weighted by atomic mass is 16.2. The topological polar surface area (TPSA) is 78.1 Å². The molecule has 2 saturated heterocycles. The van der Waals surface area contributed by atoms with Gasteiger partial charge in [-0.25, -0.2) is 5.10 Å². The zero-order chi connectivity index (χ0) is 16.4. The van der Waals surface area contributed by atoms with Crippen LogP contribution in [0, 0.1) is 5.41 Å². The first-order valence-corrected chi connectivity index (χ1v) is 8.70. The number of carbonyl (C=O) groups excluding carboxylic acids is 1. The molecule has 6 nitrogen and oxygen atoms in total. The van der Waals surface area contributed by atoms with E-state index in [1.54, 1.807) is 0 Å². The van der Waals surface area contributed by atoms with Crippen LogP contribution in [0.25, 0.3) is 0 Å². The van der Waals surface area contributed by atoms with Crippen LogP contribution in [-0.4, -0.2) is 47.2 Å². The molecule has 2 aliphatic rings. The second-order valence-electron chi connectivity index (χ2n) is 6.78. The molecule has 6 heteroatoms. The van der Waals surface area contributed by atoms with E-state index in [1.807, 2.05) is 18.7 Å². The van der Waals surface area contributed by atoms with Crippen LogP contribution >= 0.6 is 0 Å². The molecule has 0 aliphatic carbocycles. The number of carbonyl (C=O) groups is 1. The monoisotopic (exact) mass is 318 g/mol. The Kier molecular flexibility index (Phi) is 4.53. The number of piperidine rings is 1. The molecule has 0 saturated carbocycles. The van der Waals surface area contributed by atoms with E-state index >= 15 is 0 Å². The Labute approximate surface area is 136 Å². The molecular formula is C17H26N4O2. The van der Waals surface area contributed by atoms with Crippen LogP contribution in [0.15, 0.2) is 4.79 Å². The van der Waals surface area contributed by atoms with Crippen molar-refractivity contribution >= 4 is 5.91 Å². The molecule has 23 heavy (non-hydrogen) atoms. The van der Waals surface area contributed by atoms with E-state index in [-0.39, 0.29) is 11.5 Å². The predicted molar refractivity (Wildman–Crippen MR) is 88.7 cm³/mol. The molecule has 1 amide bonds. The fraction of sp³-hybridized carbons (Fsp3) is 0.706. The number of rotatable bonds is 3. The van der Waals surface area contributed by atoms with Gasteiger partial charge in [0.15, 0.2) is 0 Å². The Hall–Kier alpha value is -1.69. The number of hydrogen-bond donors (Lipinski definition) is 2. The smallest absolute Gasteiger partial charge is 0.277 e. The van der Waals surface area contributed by atoms with Gasteiger partial charge >= 0.3 is 0 Å². The molecule has 2 fully saturated rings. The van der Waals surface area contributed by atoms with Crippen LogP contribution in [0.5, 0.6) is 0 Å². The maximum atomic E-state index is 12.9. The van der Waals surface area contributed by atoms with E-state index in [9.17, 15) is 9.59 Å². The minimum atomic E-state index is -0.355. The van der Waals surface area contributed by atoms with Gasteiger partial charge in [0, 0.05) is 19.6 Å². The highest BCUT2D eigenvalue weighted by Crippen LogP contribution is 2.37. The lowest BCUT2D eigenvalue weighted by molar-refractivity contribution is 0.0604. The lowest BCUT2D eigenvalue weighted by Gasteiger charge is -2.39. The first kappa shape index (κ1) is 16.2. The highest BCUT2D eigenvalue weighted by molar-refractivity contribution is 5.95. The summed E-state index contributed by atoms with van der Waals surface area (Å²) in [7, 11) is 0. The summed E-state index contributed by atoms with van der Waals surface area (Å²) in [6, 6.07) is 0. The largest absolute Gasteiger partial charge is 0.338 e. The van der Waals surface area contributed by atoms with Crippen molar-refractivity contribution in [2.24, 2.45) is 5.41 Å². The number of aryl methyl sites for hydroxylation is 1. The number of aromatic nitrogens is 2. The van der Waals surface area contributed by atoms with Gasteiger partial charge in [-0.05, 0) is 49.6 Å². The van der Waals surface area contributed by atoms with Gasteiger partial charge in [0.1, 0.15) is 5.56 Å². The first-order valence-electron chi connectivity index (χ1n) is 8.70. The van der Waals surface area contributed by atoms with Gasteiger partial charge in [-0.15, -0.1) is 0 Å². The summed E-state index contributed by atoms with van der Waals surface area (Å²) >= 11 is 0. The average molecular weight is 318 g/mol. The fourth-order valence-corrected chi connectivity index (χ4v) is 3.99. The number of H-pyrrole nitrogens is 1. The molecular weight excluding hydrogens is 292 g/mol. The molecule has 0 atom stereocenters. The summed E-state index contributed by atoms with van der Waals surface area (Å²) in [6.45, 7) is 7.59. The van der Waals surface area contributed by atoms with Crippen LogP contribution in [0.1, 0.15) is 54.7 Å². The quantitative estimate of drug-likeness (QED) is 0.875. The van der Waals surface area contributed by atoms with Crippen molar-refractivity contribution in [1.29, 1.82) is 0 Å². The molecule has 126 valence electrons. The maximum Gasteiger partial charge on any atom is 0.277 e. The third-order valence-electron chi connectivity index (χ3n) is 5.52. The Morgan fingerprint density at radius 3 is 2.52 bits per heavy atom. The van der Waals surface area contributed by atoms with Crippen molar-refractivity contribution < 1.29 is 4.79 Å². The molecule has 1 spiro atoms. The molecule has 2 N–H and O–H groups in total. The number of likely N-dealkylation sites (tertiary alicyclic amines) is 1. The molecule has 3 heterocycles. The van der Waals surface area contributed by atoms with E-state index < -0.39 is 0 Å². The molecule has 0 aromatic carbocycles. The van der Waals surface area contributed by atoms with Crippen molar-refractivity contribution in [3.8, 4) is 0 Å². The first-order chi connectivity index (χ1) is 11.1.